The summed E-state index contributed by atoms with van der Waals surface area (Å²) < 4.78 is 10.5. The van der Waals surface area contributed by atoms with E-state index in [2.05, 4.69) is 10.3 Å². The topological polar surface area (TPSA) is 83.7 Å². The first-order valence-corrected chi connectivity index (χ1v) is 9.98. The zero-order chi connectivity index (χ0) is 21.1. The number of aromatic nitrogens is 1. The number of amides is 2. The lowest BCUT2D eigenvalue weighted by atomic mass is 9.96. The molecule has 0 aliphatic carbocycles. The van der Waals surface area contributed by atoms with Crippen LogP contribution in [0, 0.1) is 5.92 Å². The number of fused-ring (bicyclic) bond motifs is 1. The summed E-state index contributed by atoms with van der Waals surface area (Å²) >= 11 is 0. The van der Waals surface area contributed by atoms with Crippen molar-refractivity contribution < 1.29 is 19.1 Å². The summed E-state index contributed by atoms with van der Waals surface area (Å²) in [6.45, 7) is 1.06. The molecule has 1 aliphatic rings. The lowest BCUT2D eigenvalue weighted by Crippen LogP contribution is -2.43. The first-order chi connectivity index (χ1) is 14.6. The molecule has 1 unspecified atom stereocenters. The first-order valence-electron chi connectivity index (χ1n) is 9.98. The Hall–Kier alpha value is -3.48. The fourth-order valence-electron chi connectivity index (χ4n) is 3.90. The molecule has 4 rings (SSSR count). The van der Waals surface area contributed by atoms with E-state index in [9.17, 15) is 9.59 Å². The zero-order valence-corrected chi connectivity index (χ0v) is 17.1. The monoisotopic (exact) mass is 407 g/mol. The van der Waals surface area contributed by atoms with Crippen LogP contribution in [-0.4, -0.2) is 49.0 Å². The lowest BCUT2D eigenvalue weighted by Gasteiger charge is -2.32. The van der Waals surface area contributed by atoms with E-state index in [4.69, 9.17) is 9.47 Å². The van der Waals surface area contributed by atoms with Gasteiger partial charge in [0.2, 0.25) is 5.91 Å². The van der Waals surface area contributed by atoms with Crippen LogP contribution in [0.3, 0.4) is 0 Å². The molecule has 1 fully saturated rings. The molecule has 2 N–H and O–H groups in total. The largest absolute Gasteiger partial charge is 0.493 e. The summed E-state index contributed by atoms with van der Waals surface area (Å²) in [5.41, 5.74) is 2.20. The van der Waals surface area contributed by atoms with Crippen molar-refractivity contribution in [2.45, 2.75) is 12.8 Å². The molecule has 30 heavy (non-hydrogen) atoms. The number of carbonyl (C=O) groups is 2. The number of methoxy groups -OCH3 is 2. The molecule has 0 bridgehead atoms. The molecular weight excluding hydrogens is 382 g/mol. The number of piperidine rings is 1. The van der Waals surface area contributed by atoms with Crippen molar-refractivity contribution in [3.63, 3.8) is 0 Å². The van der Waals surface area contributed by atoms with Crippen LogP contribution in [0.25, 0.3) is 10.9 Å². The predicted octanol–water partition coefficient (Wildman–Crippen LogP) is 3.68. The highest BCUT2D eigenvalue weighted by Crippen LogP contribution is 2.30. The maximum Gasteiger partial charge on any atom is 0.253 e. The molecule has 7 nitrogen and oxygen atoms in total. The Balaban J connectivity index is 1.44. The van der Waals surface area contributed by atoms with Crippen molar-refractivity contribution in [2.24, 2.45) is 5.92 Å². The number of rotatable bonds is 5. The minimum atomic E-state index is -0.259. The van der Waals surface area contributed by atoms with Gasteiger partial charge < -0.3 is 24.7 Å². The van der Waals surface area contributed by atoms with Gasteiger partial charge >= 0.3 is 0 Å². The summed E-state index contributed by atoms with van der Waals surface area (Å²) in [6.07, 6.45) is 3.40. The van der Waals surface area contributed by atoms with Gasteiger partial charge in [-0.25, -0.2) is 0 Å². The van der Waals surface area contributed by atoms with Gasteiger partial charge in [0, 0.05) is 42.1 Å². The van der Waals surface area contributed by atoms with Gasteiger partial charge in [-0.1, -0.05) is 6.07 Å². The molecule has 1 aliphatic heterocycles. The van der Waals surface area contributed by atoms with Crippen LogP contribution in [0.5, 0.6) is 11.5 Å². The van der Waals surface area contributed by atoms with Crippen molar-refractivity contribution in [1.29, 1.82) is 0 Å². The summed E-state index contributed by atoms with van der Waals surface area (Å²) in [6, 6.07) is 12.9. The number of aromatic amines is 1. The fraction of sp³-hybridized carbons (Fsp3) is 0.304. The van der Waals surface area contributed by atoms with Crippen molar-refractivity contribution in [3.05, 3.63) is 54.2 Å². The van der Waals surface area contributed by atoms with Gasteiger partial charge in [0.25, 0.3) is 5.91 Å². The van der Waals surface area contributed by atoms with Crippen molar-refractivity contribution in [3.8, 4) is 11.5 Å². The normalized spacial score (nSPS) is 16.3. The second kappa shape index (κ2) is 8.49. The third-order valence-corrected chi connectivity index (χ3v) is 5.53. The Labute approximate surface area is 175 Å². The van der Waals surface area contributed by atoms with E-state index in [1.807, 2.05) is 30.5 Å². The third-order valence-electron chi connectivity index (χ3n) is 5.53. The maximum absolute atomic E-state index is 13.0. The number of nitrogens with one attached hydrogen (secondary N) is 2. The van der Waals surface area contributed by atoms with Gasteiger partial charge in [-0.15, -0.1) is 0 Å². The molecule has 1 aromatic heterocycles. The fourth-order valence-corrected chi connectivity index (χ4v) is 3.90. The highest BCUT2D eigenvalue weighted by molar-refractivity contribution is 5.99. The lowest BCUT2D eigenvalue weighted by molar-refractivity contribution is -0.121. The van der Waals surface area contributed by atoms with Gasteiger partial charge in [0.1, 0.15) is 0 Å². The molecule has 0 spiro atoms. The van der Waals surface area contributed by atoms with Crippen LogP contribution < -0.4 is 14.8 Å². The summed E-state index contributed by atoms with van der Waals surface area (Å²) in [4.78, 5) is 30.7. The summed E-state index contributed by atoms with van der Waals surface area (Å²) in [5.74, 6) is 0.749. The molecule has 7 heteroatoms. The molecule has 1 atom stereocenters. The van der Waals surface area contributed by atoms with Crippen molar-refractivity contribution in [2.75, 3.05) is 32.6 Å². The Morgan fingerprint density at radius 3 is 2.70 bits per heavy atom. The highest BCUT2D eigenvalue weighted by Gasteiger charge is 2.29. The van der Waals surface area contributed by atoms with E-state index < -0.39 is 0 Å². The number of nitrogens with zero attached hydrogens (tertiary/aromatic N) is 1. The molecule has 0 radical (unpaired) electrons. The van der Waals surface area contributed by atoms with E-state index in [1.165, 1.54) is 0 Å². The van der Waals surface area contributed by atoms with Crippen LogP contribution in [0.15, 0.2) is 48.7 Å². The van der Waals surface area contributed by atoms with E-state index in [-0.39, 0.29) is 17.7 Å². The van der Waals surface area contributed by atoms with E-state index in [0.29, 0.717) is 35.8 Å². The van der Waals surface area contributed by atoms with Gasteiger partial charge in [0.15, 0.2) is 11.5 Å². The van der Waals surface area contributed by atoms with E-state index in [1.54, 1.807) is 37.3 Å². The smallest absolute Gasteiger partial charge is 0.253 e. The number of H-pyrrole nitrogens is 1. The molecule has 1 saturated heterocycles. The number of anilines is 1. The third kappa shape index (κ3) is 3.96. The minimum Gasteiger partial charge on any atom is -0.493 e. The quantitative estimate of drug-likeness (QED) is 0.676. The molecule has 156 valence electrons. The minimum absolute atomic E-state index is 0.0462. The van der Waals surface area contributed by atoms with Gasteiger partial charge in [-0.2, -0.15) is 0 Å². The Bertz CT molecular complexity index is 1080. The summed E-state index contributed by atoms with van der Waals surface area (Å²) in [5, 5.41) is 4.01. The van der Waals surface area contributed by atoms with Gasteiger partial charge in [-0.05, 0) is 48.6 Å². The Morgan fingerprint density at radius 1 is 1.07 bits per heavy atom. The number of hydrogen-bond donors (Lipinski definition) is 2. The molecule has 3 aromatic rings. The molecule has 2 aromatic carbocycles. The van der Waals surface area contributed by atoms with Crippen LogP contribution in [-0.2, 0) is 4.79 Å². The van der Waals surface area contributed by atoms with Crippen LogP contribution >= 0.6 is 0 Å². The average molecular weight is 407 g/mol. The van der Waals surface area contributed by atoms with Gasteiger partial charge in [-0.3, -0.25) is 9.59 Å². The highest BCUT2D eigenvalue weighted by atomic mass is 16.5. The SMILES string of the molecule is COc1ccc(NC(=O)C2CCCN(C(=O)c3ccc4cc[nH]c4c3)C2)cc1OC. The van der Waals surface area contributed by atoms with Crippen LogP contribution in [0.2, 0.25) is 0 Å². The number of carbonyl (C=O) groups excluding carboxylic acids is 2. The van der Waals surface area contributed by atoms with E-state index in [0.717, 1.165) is 23.7 Å². The number of likely N-dealkylation sites (tertiary alicyclic amines) is 1. The Kier molecular flexibility index (Phi) is 5.61. The summed E-state index contributed by atoms with van der Waals surface area (Å²) in [7, 11) is 3.12. The molecule has 2 heterocycles. The molecule has 0 saturated carbocycles. The van der Waals surface area contributed by atoms with Crippen LogP contribution in [0.4, 0.5) is 5.69 Å². The van der Waals surface area contributed by atoms with Crippen molar-refractivity contribution >= 4 is 28.4 Å². The second-order valence-corrected chi connectivity index (χ2v) is 7.43. The number of ether oxygens (including phenoxy) is 2. The predicted molar refractivity (Wildman–Crippen MR) is 115 cm³/mol. The molecule has 2 amide bonds. The zero-order valence-electron chi connectivity index (χ0n) is 17.1. The Morgan fingerprint density at radius 2 is 1.90 bits per heavy atom. The maximum atomic E-state index is 13.0. The van der Waals surface area contributed by atoms with Gasteiger partial charge in [0.05, 0.1) is 20.1 Å². The molecular formula is C23H25N3O4. The second-order valence-electron chi connectivity index (χ2n) is 7.43. The number of benzene rings is 2. The standard InChI is InChI=1S/C23H25N3O4/c1-29-20-8-7-18(13-21(20)30-2)25-22(27)17-4-3-11-26(14-17)23(28)16-6-5-15-9-10-24-19(15)12-16/h5-10,12-13,17,24H,3-4,11,14H2,1-2H3,(H,25,27). The van der Waals surface area contributed by atoms with Crippen LogP contribution in [0.1, 0.15) is 23.2 Å². The first kappa shape index (κ1) is 19.8. The van der Waals surface area contributed by atoms with E-state index >= 15 is 0 Å². The average Bonchev–Trinajstić information content (AvgIpc) is 3.26. The number of hydrogen-bond acceptors (Lipinski definition) is 4. The van der Waals surface area contributed by atoms with Crippen molar-refractivity contribution in [1.82, 2.24) is 9.88 Å².